The quantitative estimate of drug-likeness (QED) is 0.811. The van der Waals surface area contributed by atoms with Crippen LogP contribution in [0.4, 0.5) is 0 Å². The molecule has 0 amide bonds. The summed E-state index contributed by atoms with van der Waals surface area (Å²) >= 11 is 0. The highest BCUT2D eigenvalue weighted by molar-refractivity contribution is 7.86. The van der Waals surface area contributed by atoms with Gasteiger partial charge < -0.3 is 0 Å². The van der Waals surface area contributed by atoms with E-state index >= 15 is 0 Å². The minimum Gasteiger partial charge on any atom is -0.262 e. The van der Waals surface area contributed by atoms with E-state index in [1.165, 1.54) is 12.1 Å². The van der Waals surface area contributed by atoms with Crippen LogP contribution in [0.3, 0.4) is 0 Å². The van der Waals surface area contributed by atoms with Gasteiger partial charge >= 0.3 is 0 Å². The molecule has 2 aromatic rings. The zero-order chi connectivity index (χ0) is 14.6. The topological polar surface area (TPSA) is 67.2 Å². The van der Waals surface area contributed by atoms with E-state index in [9.17, 15) is 8.42 Å². The van der Waals surface area contributed by atoms with Crippen LogP contribution in [-0.4, -0.2) is 8.42 Å². The van der Waals surface area contributed by atoms with Gasteiger partial charge in [-0.15, -0.1) is 0 Å². The molecule has 0 heterocycles. The monoisotopic (exact) mass is 287 g/mol. The Morgan fingerprint density at radius 1 is 1.15 bits per heavy atom. The molecule has 0 aliphatic carbocycles. The van der Waals surface area contributed by atoms with Gasteiger partial charge in [0.2, 0.25) is 0 Å². The van der Waals surface area contributed by atoms with Gasteiger partial charge in [-0.05, 0) is 36.8 Å². The van der Waals surface area contributed by atoms with Crippen molar-refractivity contribution >= 4 is 10.1 Å². The summed E-state index contributed by atoms with van der Waals surface area (Å²) in [6, 6.07) is 15.1. The lowest BCUT2D eigenvalue weighted by molar-refractivity contribution is 0.308. The number of nitriles is 1. The number of rotatable bonds is 4. The smallest absolute Gasteiger partial charge is 0.262 e. The summed E-state index contributed by atoms with van der Waals surface area (Å²) in [6.07, 6.45) is 0. The van der Waals surface area contributed by atoms with Crippen LogP contribution < -0.4 is 0 Å². The van der Waals surface area contributed by atoms with Crippen molar-refractivity contribution in [2.75, 3.05) is 0 Å². The molecule has 0 fully saturated rings. The fraction of sp³-hybridized carbons (Fsp3) is 0.133. The molecule has 102 valence electrons. The zero-order valence-corrected chi connectivity index (χ0v) is 11.7. The molecule has 0 aliphatic heterocycles. The van der Waals surface area contributed by atoms with E-state index < -0.39 is 10.1 Å². The Hall–Kier alpha value is -2.16. The zero-order valence-electron chi connectivity index (χ0n) is 10.9. The van der Waals surface area contributed by atoms with Gasteiger partial charge in [-0.3, -0.25) is 4.18 Å². The normalized spacial score (nSPS) is 11.0. The lowest BCUT2D eigenvalue weighted by Gasteiger charge is -2.06. The molecule has 0 atom stereocenters. The summed E-state index contributed by atoms with van der Waals surface area (Å²) in [4.78, 5) is 0.125. The van der Waals surface area contributed by atoms with Gasteiger partial charge in [0.25, 0.3) is 10.1 Å². The van der Waals surface area contributed by atoms with E-state index in [1.54, 1.807) is 36.4 Å². The molecule has 5 heteroatoms. The van der Waals surface area contributed by atoms with E-state index in [4.69, 9.17) is 9.44 Å². The number of benzene rings is 2. The van der Waals surface area contributed by atoms with E-state index in [0.717, 1.165) is 5.56 Å². The summed E-state index contributed by atoms with van der Waals surface area (Å²) in [5, 5.41) is 8.79. The second-order valence-electron chi connectivity index (χ2n) is 4.34. The number of aryl methyl sites for hydroxylation is 1. The van der Waals surface area contributed by atoms with Crippen LogP contribution in [0.15, 0.2) is 53.4 Å². The Morgan fingerprint density at radius 2 is 1.85 bits per heavy atom. The van der Waals surface area contributed by atoms with Crippen LogP contribution in [-0.2, 0) is 20.9 Å². The highest BCUT2D eigenvalue weighted by atomic mass is 32.2. The van der Waals surface area contributed by atoms with E-state index in [2.05, 4.69) is 0 Å². The molecule has 0 bridgehead atoms. The molecule has 0 saturated carbocycles. The molecular weight excluding hydrogens is 274 g/mol. The second kappa shape index (κ2) is 5.87. The van der Waals surface area contributed by atoms with Crippen molar-refractivity contribution in [3.05, 3.63) is 65.2 Å². The van der Waals surface area contributed by atoms with Crippen molar-refractivity contribution in [2.45, 2.75) is 18.4 Å². The molecule has 2 rings (SSSR count). The van der Waals surface area contributed by atoms with E-state index in [-0.39, 0.29) is 11.5 Å². The highest BCUT2D eigenvalue weighted by Gasteiger charge is 2.14. The average Bonchev–Trinajstić information content (AvgIpc) is 2.46. The van der Waals surface area contributed by atoms with E-state index in [0.29, 0.717) is 11.1 Å². The summed E-state index contributed by atoms with van der Waals surface area (Å²) in [5.41, 5.74) is 2.09. The van der Waals surface area contributed by atoms with Crippen LogP contribution >= 0.6 is 0 Å². The molecule has 0 aliphatic rings. The Bertz CT molecular complexity index is 743. The molecule has 0 unspecified atom stereocenters. The van der Waals surface area contributed by atoms with Gasteiger partial charge in [0.15, 0.2) is 0 Å². The van der Waals surface area contributed by atoms with Gasteiger partial charge in [0.05, 0.1) is 23.1 Å². The lowest BCUT2D eigenvalue weighted by atomic mass is 10.1. The first kappa shape index (κ1) is 14.3. The van der Waals surface area contributed by atoms with Gasteiger partial charge in [0.1, 0.15) is 0 Å². The maximum atomic E-state index is 12.0. The van der Waals surface area contributed by atoms with Crippen LogP contribution in [0.25, 0.3) is 0 Å². The van der Waals surface area contributed by atoms with Crippen molar-refractivity contribution in [2.24, 2.45) is 0 Å². The maximum Gasteiger partial charge on any atom is 0.297 e. The van der Waals surface area contributed by atoms with Gasteiger partial charge in [0, 0.05) is 0 Å². The SMILES string of the molecule is Cc1ccc(S(=O)(=O)OCc2cccc(C#N)c2)cc1. The summed E-state index contributed by atoms with van der Waals surface area (Å²) in [6.45, 7) is 1.79. The van der Waals surface area contributed by atoms with Crippen molar-refractivity contribution < 1.29 is 12.6 Å². The number of nitrogens with zero attached hydrogens (tertiary/aromatic N) is 1. The fourth-order valence-corrected chi connectivity index (χ4v) is 2.55. The largest absolute Gasteiger partial charge is 0.297 e. The minimum atomic E-state index is -3.78. The molecule has 0 saturated heterocycles. The van der Waals surface area contributed by atoms with Crippen molar-refractivity contribution in [1.29, 1.82) is 5.26 Å². The third kappa shape index (κ3) is 3.44. The lowest BCUT2D eigenvalue weighted by Crippen LogP contribution is -2.06. The van der Waals surface area contributed by atoms with Crippen LogP contribution in [0.2, 0.25) is 0 Å². The summed E-state index contributed by atoms with van der Waals surface area (Å²) < 4.78 is 29.0. The Kier molecular flexibility index (Phi) is 4.18. The van der Waals surface area contributed by atoms with Crippen LogP contribution in [0, 0.1) is 18.3 Å². The van der Waals surface area contributed by atoms with Crippen molar-refractivity contribution in [3.63, 3.8) is 0 Å². The molecule has 0 aromatic heterocycles. The minimum absolute atomic E-state index is 0.0915. The molecule has 0 N–H and O–H groups in total. The van der Waals surface area contributed by atoms with E-state index in [1.807, 2.05) is 13.0 Å². The first-order valence-corrected chi connectivity index (χ1v) is 7.37. The Morgan fingerprint density at radius 3 is 2.50 bits per heavy atom. The molecule has 0 spiro atoms. The first-order valence-electron chi connectivity index (χ1n) is 5.96. The molecule has 4 nitrogen and oxygen atoms in total. The summed E-state index contributed by atoms with van der Waals surface area (Å²) in [5.74, 6) is 0. The van der Waals surface area contributed by atoms with Gasteiger partial charge in [-0.25, -0.2) is 0 Å². The van der Waals surface area contributed by atoms with Crippen molar-refractivity contribution in [1.82, 2.24) is 0 Å². The third-order valence-corrected chi connectivity index (χ3v) is 4.02. The van der Waals surface area contributed by atoms with Gasteiger partial charge in [-0.1, -0.05) is 29.8 Å². The number of hydrogen-bond acceptors (Lipinski definition) is 4. The van der Waals surface area contributed by atoms with Crippen molar-refractivity contribution in [3.8, 4) is 6.07 Å². The fourth-order valence-electron chi connectivity index (χ4n) is 1.65. The molecule has 20 heavy (non-hydrogen) atoms. The Labute approximate surface area is 118 Å². The predicted octanol–water partition coefficient (Wildman–Crippen LogP) is 2.77. The maximum absolute atomic E-state index is 12.0. The highest BCUT2D eigenvalue weighted by Crippen LogP contribution is 2.15. The molecule has 0 radical (unpaired) electrons. The second-order valence-corrected chi connectivity index (χ2v) is 5.96. The van der Waals surface area contributed by atoms with Crippen LogP contribution in [0.1, 0.15) is 16.7 Å². The standard InChI is InChI=1S/C15H13NO3S/c1-12-5-7-15(8-6-12)20(17,18)19-11-14-4-2-3-13(9-14)10-16/h2-9H,11H2,1H3. The Balaban J connectivity index is 2.13. The molecular formula is C15H13NO3S. The number of hydrogen-bond donors (Lipinski definition) is 0. The summed E-state index contributed by atoms with van der Waals surface area (Å²) in [7, 11) is -3.78. The van der Waals surface area contributed by atoms with Gasteiger partial charge in [-0.2, -0.15) is 13.7 Å². The molecule has 2 aromatic carbocycles. The third-order valence-electron chi connectivity index (χ3n) is 2.75. The van der Waals surface area contributed by atoms with Crippen LogP contribution in [0.5, 0.6) is 0 Å². The first-order chi connectivity index (χ1) is 9.51. The predicted molar refractivity (Wildman–Crippen MR) is 74.3 cm³/mol. The average molecular weight is 287 g/mol.